The summed E-state index contributed by atoms with van der Waals surface area (Å²) in [6, 6.07) is 7.30. The minimum atomic E-state index is -1.04. The first kappa shape index (κ1) is 24.2. The molecule has 2 fully saturated rings. The summed E-state index contributed by atoms with van der Waals surface area (Å²) in [6.07, 6.45) is 1.09. The topological polar surface area (TPSA) is 99.7 Å². The van der Waals surface area contributed by atoms with Crippen molar-refractivity contribution in [1.29, 1.82) is 0 Å². The average Bonchev–Trinajstić information content (AvgIpc) is 3.33. The lowest BCUT2D eigenvalue weighted by Crippen LogP contribution is -2.40. The van der Waals surface area contributed by atoms with Gasteiger partial charge in [-0.05, 0) is 31.2 Å². The van der Waals surface area contributed by atoms with Crippen molar-refractivity contribution >= 4 is 30.0 Å². The zero-order valence-corrected chi connectivity index (χ0v) is 20.1. The Morgan fingerprint density at radius 2 is 1.91 bits per heavy atom. The van der Waals surface area contributed by atoms with Crippen molar-refractivity contribution in [2.75, 3.05) is 18.9 Å². The quantitative estimate of drug-likeness (QED) is 0.340. The molecule has 184 valence electrons. The molecule has 11 heteroatoms. The summed E-state index contributed by atoms with van der Waals surface area (Å²) in [5.41, 5.74) is 8.00. The van der Waals surface area contributed by atoms with Gasteiger partial charge < -0.3 is 25.1 Å². The van der Waals surface area contributed by atoms with E-state index in [1.54, 1.807) is 25.4 Å². The van der Waals surface area contributed by atoms with Crippen LogP contribution >= 0.6 is 24.2 Å². The van der Waals surface area contributed by atoms with E-state index in [4.69, 9.17) is 31.5 Å². The van der Waals surface area contributed by atoms with Gasteiger partial charge in [0.15, 0.2) is 16.5 Å². The molecule has 5 rings (SSSR count). The van der Waals surface area contributed by atoms with Gasteiger partial charge in [0.05, 0.1) is 24.2 Å². The number of aromatic nitrogens is 2. The van der Waals surface area contributed by atoms with Crippen molar-refractivity contribution in [2.24, 2.45) is 0 Å². The maximum Gasteiger partial charge on any atom is 0.166 e. The van der Waals surface area contributed by atoms with Crippen LogP contribution in [0.1, 0.15) is 30.2 Å². The van der Waals surface area contributed by atoms with Crippen LogP contribution in [-0.4, -0.2) is 45.4 Å². The van der Waals surface area contributed by atoms with Crippen molar-refractivity contribution in [3.8, 4) is 16.9 Å². The average molecular weight is 522 g/mol. The van der Waals surface area contributed by atoms with Crippen LogP contribution < -0.4 is 10.5 Å². The van der Waals surface area contributed by atoms with Crippen molar-refractivity contribution in [2.45, 2.75) is 36.1 Å². The Hall–Kier alpha value is -2.50. The Morgan fingerprint density at radius 1 is 1.17 bits per heavy atom. The number of pyridine rings is 2. The van der Waals surface area contributed by atoms with E-state index in [0.29, 0.717) is 12.2 Å². The second kappa shape index (κ2) is 9.18. The summed E-state index contributed by atoms with van der Waals surface area (Å²) in [6.45, 7) is 2.03. The van der Waals surface area contributed by atoms with E-state index in [2.05, 4.69) is 22.6 Å². The number of ether oxygens (including phenoxy) is 3. The van der Waals surface area contributed by atoms with Gasteiger partial charge in [0.25, 0.3) is 0 Å². The zero-order valence-electron chi connectivity index (χ0n) is 18.5. The summed E-state index contributed by atoms with van der Waals surface area (Å²) in [7, 11) is 0. The van der Waals surface area contributed by atoms with Gasteiger partial charge in [-0.1, -0.05) is 17.7 Å². The van der Waals surface area contributed by atoms with Crippen LogP contribution in [0.3, 0.4) is 0 Å². The molecule has 5 atom stereocenters. The maximum atomic E-state index is 14.3. The predicted molar refractivity (Wildman–Crippen MR) is 128 cm³/mol. The molecule has 0 aliphatic carbocycles. The Morgan fingerprint density at radius 3 is 2.66 bits per heavy atom. The summed E-state index contributed by atoms with van der Waals surface area (Å²) in [5, 5.41) is 9.77. The minimum absolute atomic E-state index is 0.0864. The lowest BCUT2D eigenvalue weighted by molar-refractivity contribution is -0.00586. The number of benzene rings is 1. The van der Waals surface area contributed by atoms with E-state index in [0.717, 1.165) is 23.4 Å². The zero-order chi connectivity index (χ0) is 24.9. The standard InChI is InChI=1S/C24H22ClF2N3O4S/c1-11(20-15(26)3-4-16(27)21(20)25)34-18-6-13(8-30-23(18)28)12-2-5-17(29-7-12)14-9-33-24(35)19(31)10-32-22(14)24/h2-8,11,14,19,22,31,35H,9-10H2,1H3,(H2,28,30)/t11-,14+,19+,22+,24-/m0/s1. The molecule has 0 radical (unpaired) electrons. The van der Waals surface area contributed by atoms with E-state index in [1.807, 2.05) is 12.1 Å². The monoisotopic (exact) mass is 521 g/mol. The molecule has 0 bridgehead atoms. The first-order valence-electron chi connectivity index (χ1n) is 10.9. The molecule has 7 nitrogen and oxygen atoms in total. The number of nitrogen functional groups attached to an aromatic ring is 1. The molecule has 2 aromatic heterocycles. The molecular weight excluding hydrogens is 500 g/mol. The molecule has 2 saturated heterocycles. The summed E-state index contributed by atoms with van der Waals surface area (Å²) < 4.78 is 45.4. The van der Waals surface area contributed by atoms with Gasteiger partial charge in [0.1, 0.15) is 29.9 Å². The highest BCUT2D eigenvalue weighted by Crippen LogP contribution is 2.47. The van der Waals surface area contributed by atoms with Crippen LogP contribution in [0.5, 0.6) is 5.75 Å². The highest BCUT2D eigenvalue weighted by atomic mass is 35.5. The molecule has 0 unspecified atom stereocenters. The van der Waals surface area contributed by atoms with Crippen molar-refractivity contribution in [3.63, 3.8) is 0 Å². The molecule has 0 amide bonds. The molecule has 35 heavy (non-hydrogen) atoms. The number of aliphatic hydroxyl groups excluding tert-OH is 1. The molecule has 1 aromatic carbocycles. The Bertz CT molecular complexity index is 1270. The first-order chi connectivity index (χ1) is 16.7. The van der Waals surface area contributed by atoms with E-state index < -0.39 is 34.9 Å². The van der Waals surface area contributed by atoms with Gasteiger partial charge in [-0.25, -0.2) is 13.8 Å². The third-order valence-electron chi connectivity index (χ3n) is 6.35. The number of hydrogen-bond donors (Lipinski definition) is 3. The largest absolute Gasteiger partial charge is 0.482 e. The fourth-order valence-electron chi connectivity index (χ4n) is 4.42. The maximum absolute atomic E-state index is 14.3. The summed E-state index contributed by atoms with van der Waals surface area (Å²) in [5.74, 6) is -1.33. The fraction of sp³-hybridized carbons (Fsp3) is 0.333. The molecule has 2 aliphatic heterocycles. The fourth-order valence-corrected chi connectivity index (χ4v) is 5.14. The van der Waals surface area contributed by atoms with Crippen molar-refractivity contribution in [1.82, 2.24) is 9.97 Å². The summed E-state index contributed by atoms with van der Waals surface area (Å²) >= 11 is 10.5. The number of aliphatic hydroxyl groups is 1. The third-order valence-corrected chi connectivity index (χ3v) is 7.42. The number of nitrogens with two attached hydrogens (primary N) is 1. The van der Waals surface area contributed by atoms with Gasteiger partial charge in [0, 0.05) is 34.8 Å². The van der Waals surface area contributed by atoms with Gasteiger partial charge in [-0.2, -0.15) is 0 Å². The van der Waals surface area contributed by atoms with Crippen molar-refractivity contribution < 1.29 is 28.1 Å². The molecule has 3 aromatic rings. The van der Waals surface area contributed by atoms with Crippen molar-refractivity contribution in [3.05, 3.63) is 70.6 Å². The van der Waals surface area contributed by atoms with E-state index >= 15 is 0 Å². The number of halogens is 3. The first-order valence-corrected chi connectivity index (χ1v) is 11.7. The Balaban J connectivity index is 1.37. The SMILES string of the molecule is C[C@H](Oc1cc(-c2ccc([C@H]3CO[C@]4(S)[C@H](O)CO[C@H]34)nc2)cnc1N)c1c(F)ccc(F)c1Cl. The molecular formula is C24H22ClF2N3O4S. The lowest BCUT2D eigenvalue weighted by atomic mass is 9.96. The molecule has 3 N–H and O–H groups in total. The lowest BCUT2D eigenvalue weighted by Gasteiger charge is -2.24. The number of hydrogen-bond acceptors (Lipinski definition) is 8. The number of thiol groups is 1. The normalized spacial score (nSPS) is 26.5. The highest BCUT2D eigenvalue weighted by Gasteiger charge is 2.58. The van der Waals surface area contributed by atoms with Gasteiger partial charge in [-0.15, -0.1) is 12.6 Å². The third kappa shape index (κ3) is 4.23. The number of fused-ring (bicyclic) bond motifs is 1. The van der Waals surface area contributed by atoms with Crippen LogP contribution in [-0.2, 0) is 9.47 Å². The van der Waals surface area contributed by atoms with E-state index in [9.17, 15) is 13.9 Å². The van der Waals surface area contributed by atoms with E-state index in [-0.39, 0.29) is 34.7 Å². The van der Waals surface area contributed by atoms with Crippen LogP contribution in [0.25, 0.3) is 11.1 Å². The second-order valence-corrected chi connectivity index (χ2v) is 9.61. The highest BCUT2D eigenvalue weighted by molar-refractivity contribution is 7.81. The van der Waals surface area contributed by atoms with Crippen LogP contribution in [0.15, 0.2) is 42.7 Å². The second-order valence-electron chi connectivity index (χ2n) is 8.54. The Kier molecular flexibility index (Phi) is 6.35. The molecule has 0 spiro atoms. The number of rotatable bonds is 5. The molecule has 0 saturated carbocycles. The summed E-state index contributed by atoms with van der Waals surface area (Å²) in [4.78, 5) is 7.69. The van der Waals surface area contributed by atoms with Crippen LogP contribution in [0, 0.1) is 11.6 Å². The van der Waals surface area contributed by atoms with Gasteiger partial charge in [0.2, 0.25) is 0 Å². The number of nitrogens with zero attached hydrogens (tertiary/aromatic N) is 2. The van der Waals surface area contributed by atoms with Crippen LogP contribution in [0.4, 0.5) is 14.6 Å². The van der Waals surface area contributed by atoms with E-state index in [1.165, 1.54) is 0 Å². The molecule has 2 aliphatic rings. The van der Waals surface area contributed by atoms with Gasteiger partial charge >= 0.3 is 0 Å². The smallest absolute Gasteiger partial charge is 0.166 e. The number of anilines is 1. The molecule has 4 heterocycles. The van der Waals surface area contributed by atoms with Crippen LogP contribution in [0.2, 0.25) is 5.02 Å². The minimum Gasteiger partial charge on any atom is -0.482 e. The Labute approximate surface area is 210 Å². The van der Waals surface area contributed by atoms with Gasteiger partial charge in [-0.3, -0.25) is 4.98 Å². The predicted octanol–water partition coefficient (Wildman–Crippen LogP) is 4.30.